The van der Waals surface area contributed by atoms with E-state index in [1.54, 1.807) is 11.0 Å². The first-order chi connectivity index (χ1) is 11.7. The third-order valence-corrected chi connectivity index (χ3v) is 7.14. The fourth-order valence-electron chi connectivity index (χ4n) is 2.87. The molecule has 0 aromatic heterocycles. The lowest BCUT2D eigenvalue weighted by molar-refractivity contribution is -0.138. The second-order valence-corrected chi connectivity index (χ2v) is 9.19. The number of benzene rings is 1. The Kier molecular flexibility index (Phi) is 4.83. The van der Waals surface area contributed by atoms with Crippen LogP contribution in [0.15, 0.2) is 29.3 Å². The summed E-state index contributed by atoms with van der Waals surface area (Å²) in [6.45, 7) is 0. The fraction of sp³-hybridized carbons (Fsp3) is 0.400. The molecule has 1 N–H and O–H groups in total. The van der Waals surface area contributed by atoms with Gasteiger partial charge in [-0.25, -0.2) is 12.8 Å². The minimum absolute atomic E-state index is 0.0313. The van der Waals surface area contributed by atoms with Gasteiger partial charge in [-0.1, -0.05) is 17.8 Å². The second kappa shape index (κ2) is 6.75. The number of halogens is 1. The number of rotatable bonds is 4. The van der Waals surface area contributed by atoms with Crippen molar-refractivity contribution >= 4 is 44.3 Å². The molecule has 2 heterocycles. The molecule has 2 fully saturated rings. The Morgan fingerprint density at radius 2 is 2.08 bits per heavy atom. The second-order valence-electron chi connectivity index (χ2n) is 5.83. The Balaban J connectivity index is 1.92. The summed E-state index contributed by atoms with van der Waals surface area (Å²) in [7, 11) is -3.20. The molecule has 10 heteroatoms. The molecule has 7 nitrogen and oxygen atoms in total. The van der Waals surface area contributed by atoms with E-state index in [1.807, 2.05) is 0 Å². The van der Waals surface area contributed by atoms with Crippen LogP contribution >= 0.6 is 11.8 Å². The molecular weight excluding hydrogens is 371 g/mol. The SMILES string of the molecule is O=C(O)CCC(=O)N=C1S[C@@H]2CS(=O)(=O)C[C@H]2N1c1cccc(F)c1. The minimum Gasteiger partial charge on any atom is -0.481 e. The predicted molar refractivity (Wildman–Crippen MR) is 92.0 cm³/mol. The standard InChI is InChI=1S/C15H15FN2O5S2/c16-9-2-1-3-10(6-9)18-11-7-25(22,23)8-12(11)24-15(18)17-13(19)4-5-14(20)21/h1-3,6,11-12H,4-5,7-8H2,(H,20,21)/t11-,12-/m1/s1. The molecule has 0 spiro atoms. The zero-order chi connectivity index (χ0) is 18.2. The van der Waals surface area contributed by atoms with Crippen LogP contribution in [0.25, 0.3) is 0 Å². The summed E-state index contributed by atoms with van der Waals surface area (Å²) in [6, 6.07) is 5.21. The number of nitrogens with zero attached hydrogens (tertiary/aromatic N) is 2. The van der Waals surface area contributed by atoms with Crippen LogP contribution in [0.1, 0.15) is 12.8 Å². The van der Waals surface area contributed by atoms with Crippen molar-refractivity contribution in [3.63, 3.8) is 0 Å². The molecular formula is C15H15FN2O5S2. The van der Waals surface area contributed by atoms with Gasteiger partial charge >= 0.3 is 5.97 Å². The smallest absolute Gasteiger partial charge is 0.303 e. The van der Waals surface area contributed by atoms with Gasteiger partial charge < -0.3 is 10.0 Å². The van der Waals surface area contributed by atoms with Crippen LogP contribution in [0.3, 0.4) is 0 Å². The third-order valence-electron chi connectivity index (χ3n) is 3.93. The number of thioether (sulfide) groups is 1. The Hall–Kier alpha value is -1.94. The number of aliphatic carboxylic acids is 1. The van der Waals surface area contributed by atoms with E-state index >= 15 is 0 Å². The van der Waals surface area contributed by atoms with Crippen LogP contribution in [0, 0.1) is 5.82 Å². The highest BCUT2D eigenvalue weighted by Crippen LogP contribution is 2.41. The third kappa shape index (κ3) is 4.01. The fourth-order valence-corrected chi connectivity index (χ4v) is 6.80. The van der Waals surface area contributed by atoms with Crippen molar-refractivity contribution in [1.29, 1.82) is 0 Å². The van der Waals surface area contributed by atoms with Gasteiger partial charge in [0.15, 0.2) is 15.0 Å². The molecule has 3 rings (SSSR count). The first kappa shape index (κ1) is 17.9. The number of hydrogen-bond acceptors (Lipinski definition) is 5. The first-order valence-electron chi connectivity index (χ1n) is 7.50. The van der Waals surface area contributed by atoms with Crippen LogP contribution < -0.4 is 4.90 Å². The number of hydrogen-bond donors (Lipinski definition) is 1. The van der Waals surface area contributed by atoms with Crippen LogP contribution in [-0.2, 0) is 19.4 Å². The summed E-state index contributed by atoms with van der Waals surface area (Å²) in [5.41, 5.74) is 0.418. The molecule has 1 aromatic rings. The number of fused-ring (bicyclic) bond motifs is 1. The maximum atomic E-state index is 13.6. The number of aliphatic imine (C=N–C) groups is 1. The number of amidine groups is 1. The number of anilines is 1. The quantitative estimate of drug-likeness (QED) is 0.831. The molecule has 2 aliphatic rings. The maximum absolute atomic E-state index is 13.6. The molecule has 0 unspecified atom stereocenters. The highest BCUT2D eigenvalue weighted by Gasteiger charge is 2.49. The number of sulfone groups is 1. The number of carbonyl (C=O) groups is 2. The molecule has 2 saturated heterocycles. The highest BCUT2D eigenvalue weighted by atomic mass is 32.2. The molecule has 0 aliphatic carbocycles. The maximum Gasteiger partial charge on any atom is 0.303 e. The lowest BCUT2D eigenvalue weighted by atomic mass is 10.2. The Morgan fingerprint density at radius 3 is 2.76 bits per heavy atom. The van der Waals surface area contributed by atoms with Gasteiger partial charge in [-0.2, -0.15) is 4.99 Å². The van der Waals surface area contributed by atoms with Gasteiger partial charge in [0.25, 0.3) is 0 Å². The van der Waals surface area contributed by atoms with Crippen molar-refractivity contribution in [2.75, 3.05) is 16.4 Å². The zero-order valence-corrected chi connectivity index (χ0v) is 14.6. The first-order valence-corrected chi connectivity index (χ1v) is 10.2. The van der Waals surface area contributed by atoms with Gasteiger partial charge in [-0.15, -0.1) is 0 Å². The van der Waals surface area contributed by atoms with E-state index in [-0.39, 0.29) is 34.8 Å². The lowest BCUT2D eigenvalue weighted by Crippen LogP contribution is -2.37. The van der Waals surface area contributed by atoms with Crippen LogP contribution in [0.5, 0.6) is 0 Å². The number of amides is 1. The number of carboxylic acids is 1. The van der Waals surface area contributed by atoms with E-state index in [4.69, 9.17) is 5.11 Å². The molecule has 2 aliphatic heterocycles. The van der Waals surface area contributed by atoms with E-state index in [9.17, 15) is 22.4 Å². The zero-order valence-electron chi connectivity index (χ0n) is 13.0. The van der Waals surface area contributed by atoms with Crippen molar-refractivity contribution in [2.45, 2.75) is 24.1 Å². The van der Waals surface area contributed by atoms with E-state index in [0.717, 1.165) is 11.8 Å². The van der Waals surface area contributed by atoms with Crippen LogP contribution in [-0.4, -0.2) is 53.4 Å². The van der Waals surface area contributed by atoms with E-state index in [2.05, 4.69) is 4.99 Å². The normalized spacial score (nSPS) is 26.0. The molecule has 25 heavy (non-hydrogen) atoms. The van der Waals surface area contributed by atoms with Crippen molar-refractivity contribution in [1.82, 2.24) is 0 Å². The minimum atomic E-state index is -3.20. The molecule has 0 saturated carbocycles. The Morgan fingerprint density at radius 1 is 1.32 bits per heavy atom. The summed E-state index contributed by atoms with van der Waals surface area (Å²) in [4.78, 5) is 28.0. The van der Waals surface area contributed by atoms with Crippen LogP contribution in [0.4, 0.5) is 10.1 Å². The summed E-state index contributed by atoms with van der Waals surface area (Å²) >= 11 is 1.16. The van der Waals surface area contributed by atoms with Gasteiger partial charge in [0.05, 0.1) is 24.0 Å². The summed E-state index contributed by atoms with van der Waals surface area (Å²) in [6.07, 6.45) is -0.578. The van der Waals surface area contributed by atoms with Crippen molar-refractivity contribution in [2.24, 2.45) is 4.99 Å². The Bertz CT molecular complexity index is 855. The summed E-state index contributed by atoms with van der Waals surface area (Å²) in [5.74, 6) is -2.31. The Labute approximate surface area is 147 Å². The molecule has 0 radical (unpaired) electrons. The topological polar surface area (TPSA) is 104 Å². The molecule has 1 amide bonds. The summed E-state index contributed by atoms with van der Waals surface area (Å²) in [5, 5.41) is 8.64. The lowest BCUT2D eigenvalue weighted by Gasteiger charge is -2.24. The van der Waals surface area contributed by atoms with E-state index < -0.39 is 33.6 Å². The molecule has 2 atom stereocenters. The van der Waals surface area contributed by atoms with Gasteiger partial charge in [-0.05, 0) is 18.2 Å². The van der Waals surface area contributed by atoms with Crippen LogP contribution in [0.2, 0.25) is 0 Å². The van der Waals surface area contributed by atoms with Gasteiger partial charge in [0.1, 0.15) is 5.82 Å². The summed E-state index contributed by atoms with van der Waals surface area (Å²) < 4.78 is 37.4. The van der Waals surface area contributed by atoms with Gasteiger partial charge in [0.2, 0.25) is 5.91 Å². The van der Waals surface area contributed by atoms with E-state index in [0.29, 0.717) is 5.69 Å². The average molecular weight is 386 g/mol. The highest BCUT2D eigenvalue weighted by molar-refractivity contribution is 8.16. The number of carboxylic acid groups (broad SMARTS) is 1. The predicted octanol–water partition coefficient (Wildman–Crippen LogP) is 1.29. The van der Waals surface area contributed by atoms with E-state index in [1.165, 1.54) is 18.2 Å². The van der Waals surface area contributed by atoms with Gasteiger partial charge in [-0.3, -0.25) is 9.59 Å². The monoisotopic (exact) mass is 386 g/mol. The largest absolute Gasteiger partial charge is 0.481 e. The van der Waals surface area contributed by atoms with Crippen molar-refractivity contribution in [3.05, 3.63) is 30.1 Å². The van der Waals surface area contributed by atoms with Gasteiger partial charge in [0, 0.05) is 17.4 Å². The number of carbonyl (C=O) groups excluding carboxylic acids is 1. The van der Waals surface area contributed by atoms with Crippen molar-refractivity contribution in [3.8, 4) is 0 Å². The average Bonchev–Trinajstić information content (AvgIpc) is 2.96. The molecule has 0 bridgehead atoms. The molecule has 1 aromatic carbocycles. The van der Waals surface area contributed by atoms with Crippen molar-refractivity contribution < 1.29 is 27.5 Å². The molecule has 134 valence electrons.